The minimum Gasteiger partial charge on any atom is -0.504 e. The Hall–Kier alpha value is -2.60. The van der Waals surface area contributed by atoms with Gasteiger partial charge in [-0.3, -0.25) is 10.1 Å². The lowest BCUT2D eigenvalue weighted by molar-refractivity contribution is -0.384. The van der Waals surface area contributed by atoms with E-state index in [1.54, 1.807) is 18.2 Å². The zero-order chi connectivity index (χ0) is 16.8. The number of methoxy groups -OCH3 is 1. The Balaban J connectivity index is 1.92. The monoisotopic (exact) mass is 316 g/mol. The molecular formula is C17H20N2O4. The summed E-state index contributed by atoms with van der Waals surface area (Å²) in [6.07, 6.45) is 0.777. The standard InChI is InChI=1S/C17H20N2O4/c1-18(12-14-4-3-5-16(23-2)17(14)20)11-10-13-6-8-15(9-7-13)19(21)22/h3-9,20H,10-12H2,1-2H3. The van der Waals surface area contributed by atoms with E-state index < -0.39 is 4.92 Å². The van der Waals surface area contributed by atoms with Crippen molar-refractivity contribution in [2.24, 2.45) is 0 Å². The molecule has 2 aromatic carbocycles. The van der Waals surface area contributed by atoms with Crippen molar-refractivity contribution in [2.45, 2.75) is 13.0 Å². The summed E-state index contributed by atoms with van der Waals surface area (Å²) in [5.74, 6) is 0.628. The maximum atomic E-state index is 10.6. The SMILES string of the molecule is COc1cccc(CN(C)CCc2ccc([N+](=O)[O-])cc2)c1O. The molecule has 0 aliphatic carbocycles. The smallest absolute Gasteiger partial charge is 0.269 e. The second-order valence-corrected chi connectivity index (χ2v) is 5.38. The Labute approximate surface area is 135 Å². The predicted octanol–water partition coefficient (Wildman–Crippen LogP) is 2.98. The number of nitro groups is 1. The number of hydrogen-bond acceptors (Lipinski definition) is 5. The van der Waals surface area contributed by atoms with Gasteiger partial charge in [0.25, 0.3) is 5.69 Å². The Morgan fingerprint density at radius 2 is 1.91 bits per heavy atom. The first-order valence-corrected chi connectivity index (χ1v) is 7.28. The van der Waals surface area contributed by atoms with Crippen LogP contribution in [-0.2, 0) is 13.0 Å². The number of phenols is 1. The minimum atomic E-state index is -0.401. The fourth-order valence-corrected chi connectivity index (χ4v) is 2.33. The summed E-state index contributed by atoms with van der Waals surface area (Å²) in [6.45, 7) is 1.37. The highest BCUT2D eigenvalue weighted by atomic mass is 16.6. The number of ether oxygens (including phenoxy) is 1. The number of benzene rings is 2. The molecule has 0 fully saturated rings. The first-order valence-electron chi connectivity index (χ1n) is 7.28. The van der Waals surface area contributed by atoms with Gasteiger partial charge in [0.2, 0.25) is 0 Å². The number of nitro benzene ring substituents is 1. The van der Waals surface area contributed by atoms with Gasteiger partial charge in [0.05, 0.1) is 12.0 Å². The Kier molecular flexibility index (Phi) is 5.54. The van der Waals surface area contributed by atoms with Crippen molar-refractivity contribution in [3.8, 4) is 11.5 Å². The van der Waals surface area contributed by atoms with E-state index in [0.717, 1.165) is 24.1 Å². The molecule has 0 radical (unpaired) electrons. The lowest BCUT2D eigenvalue weighted by Gasteiger charge is -2.18. The number of para-hydroxylation sites is 1. The van der Waals surface area contributed by atoms with Crippen LogP contribution in [0.5, 0.6) is 11.5 Å². The van der Waals surface area contributed by atoms with Gasteiger partial charge >= 0.3 is 0 Å². The molecule has 6 nitrogen and oxygen atoms in total. The zero-order valence-electron chi connectivity index (χ0n) is 13.2. The van der Waals surface area contributed by atoms with Crippen molar-refractivity contribution < 1.29 is 14.8 Å². The van der Waals surface area contributed by atoms with Gasteiger partial charge in [0.15, 0.2) is 11.5 Å². The first kappa shape index (κ1) is 16.8. The average Bonchev–Trinajstić information content (AvgIpc) is 2.55. The Bertz CT molecular complexity index is 671. The van der Waals surface area contributed by atoms with Crippen LogP contribution >= 0.6 is 0 Å². The van der Waals surface area contributed by atoms with Crippen molar-refractivity contribution in [2.75, 3.05) is 20.7 Å². The van der Waals surface area contributed by atoms with E-state index in [0.29, 0.717) is 12.3 Å². The first-order chi connectivity index (χ1) is 11.0. The molecule has 1 N–H and O–H groups in total. The van der Waals surface area contributed by atoms with E-state index in [-0.39, 0.29) is 11.4 Å². The predicted molar refractivity (Wildman–Crippen MR) is 87.8 cm³/mol. The quantitative estimate of drug-likeness (QED) is 0.628. The van der Waals surface area contributed by atoms with Crippen molar-refractivity contribution in [1.82, 2.24) is 4.90 Å². The lowest BCUT2D eigenvalue weighted by atomic mass is 10.1. The topological polar surface area (TPSA) is 75.8 Å². The molecule has 2 aromatic rings. The molecule has 0 unspecified atom stereocenters. The van der Waals surface area contributed by atoms with Crippen LogP contribution in [0.25, 0.3) is 0 Å². The number of aromatic hydroxyl groups is 1. The van der Waals surface area contributed by atoms with Gasteiger partial charge in [-0.05, 0) is 25.1 Å². The summed E-state index contributed by atoms with van der Waals surface area (Å²) < 4.78 is 5.10. The number of non-ortho nitro benzene ring substituents is 1. The maximum Gasteiger partial charge on any atom is 0.269 e. The van der Waals surface area contributed by atoms with Gasteiger partial charge in [-0.25, -0.2) is 0 Å². The van der Waals surface area contributed by atoms with Crippen LogP contribution in [0.4, 0.5) is 5.69 Å². The van der Waals surface area contributed by atoms with Crippen molar-refractivity contribution in [3.63, 3.8) is 0 Å². The van der Waals surface area contributed by atoms with Gasteiger partial charge in [0, 0.05) is 30.8 Å². The van der Waals surface area contributed by atoms with E-state index in [4.69, 9.17) is 4.74 Å². The summed E-state index contributed by atoms with van der Waals surface area (Å²) in [4.78, 5) is 12.3. The highest BCUT2D eigenvalue weighted by Crippen LogP contribution is 2.30. The van der Waals surface area contributed by atoms with Crippen LogP contribution in [0, 0.1) is 10.1 Å². The summed E-state index contributed by atoms with van der Waals surface area (Å²) in [7, 11) is 3.49. The Morgan fingerprint density at radius 3 is 2.52 bits per heavy atom. The Morgan fingerprint density at radius 1 is 1.22 bits per heavy atom. The molecule has 122 valence electrons. The molecule has 2 rings (SSSR count). The van der Waals surface area contributed by atoms with E-state index in [1.165, 1.54) is 19.2 Å². The second kappa shape index (κ2) is 7.60. The van der Waals surface area contributed by atoms with E-state index in [9.17, 15) is 15.2 Å². The fraction of sp³-hybridized carbons (Fsp3) is 0.294. The van der Waals surface area contributed by atoms with Gasteiger partial charge in [-0.2, -0.15) is 0 Å². The molecule has 6 heteroatoms. The van der Waals surface area contributed by atoms with Crippen LogP contribution in [0.1, 0.15) is 11.1 Å². The molecule has 0 aromatic heterocycles. The zero-order valence-corrected chi connectivity index (χ0v) is 13.2. The summed E-state index contributed by atoms with van der Waals surface area (Å²) in [5, 5.41) is 20.7. The third-order valence-corrected chi connectivity index (χ3v) is 3.67. The van der Waals surface area contributed by atoms with Gasteiger partial charge in [-0.15, -0.1) is 0 Å². The van der Waals surface area contributed by atoms with Gasteiger partial charge < -0.3 is 14.7 Å². The van der Waals surface area contributed by atoms with Crippen LogP contribution in [0.2, 0.25) is 0 Å². The molecule has 23 heavy (non-hydrogen) atoms. The molecule has 0 saturated carbocycles. The van der Waals surface area contributed by atoms with Crippen molar-refractivity contribution in [3.05, 3.63) is 63.7 Å². The lowest BCUT2D eigenvalue weighted by Crippen LogP contribution is -2.20. The van der Waals surface area contributed by atoms with Crippen molar-refractivity contribution in [1.29, 1.82) is 0 Å². The highest BCUT2D eigenvalue weighted by Gasteiger charge is 2.10. The minimum absolute atomic E-state index is 0.100. The van der Waals surface area contributed by atoms with Crippen LogP contribution in [0.15, 0.2) is 42.5 Å². The molecule has 0 heterocycles. The normalized spacial score (nSPS) is 10.7. The van der Waals surface area contributed by atoms with Crippen LogP contribution < -0.4 is 4.74 Å². The van der Waals surface area contributed by atoms with Gasteiger partial charge in [0.1, 0.15) is 0 Å². The molecular weight excluding hydrogens is 296 g/mol. The van der Waals surface area contributed by atoms with E-state index >= 15 is 0 Å². The van der Waals surface area contributed by atoms with E-state index in [2.05, 4.69) is 4.90 Å². The molecule has 0 aliphatic rings. The molecule has 0 atom stereocenters. The number of rotatable bonds is 7. The number of likely N-dealkylation sites (N-methyl/N-ethyl adjacent to an activating group) is 1. The fourth-order valence-electron chi connectivity index (χ4n) is 2.33. The molecule has 0 amide bonds. The summed E-state index contributed by atoms with van der Waals surface area (Å²) in [6, 6.07) is 12.0. The molecule has 0 spiro atoms. The van der Waals surface area contributed by atoms with Crippen molar-refractivity contribution >= 4 is 5.69 Å². The average molecular weight is 316 g/mol. The number of hydrogen-bond donors (Lipinski definition) is 1. The highest BCUT2D eigenvalue weighted by molar-refractivity contribution is 5.45. The maximum absolute atomic E-state index is 10.6. The second-order valence-electron chi connectivity index (χ2n) is 5.38. The van der Waals surface area contributed by atoms with Crippen LogP contribution in [0.3, 0.4) is 0 Å². The molecule has 0 saturated heterocycles. The van der Waals surface area contributed by atoms with E-state index in [1.807, 2.05) is 19.2 Å². The number of phenolic OH excluding ortho intramolecular Hbond substituents is 1. The van der Waals surface area contributed by atoms with Gasteiger partial charge in [-0.1, -0.05) is 24.3 Å². The molecule has 0 aliphatic heterocycles. The molecule has 0 bridgehead atoms. The third kappa shape index (κ3) is 4.43. The largest absolute Gasteiger partial charge is 0.504 e. The summed E-state index contributed by atoms with van der Waals surface area (Å²) >= 11 is 0. The third-order valence-electron chi connectivity index (χ3n) is 3.67. The summed E-state index contributed by atoms with van der Waals surface area (Å²) in [5.41, 5.74) is 1.94. The number of nitrogens with zero attached hydrogens (tertiary/aromatic N) is 2. The van der Waals surface area contributed by atoms with Crippen LogP contribution in [-0.4, -0.2) is 35.6 Å².